The van der Waals surface area contributed by atoms with Crippen LogP contribution in [0.3, 0.4) is 0 Å². The number of allylic oxidation sites excluding steroid dienone is 3. The lowest BCUT2D eigenvalue weighted by molar-refractivity contribution is -0.112. The molecular formula is C29H23ClFN3O2S. The topological polar surface area (TPSA) is 61.4 Å². The molecule has 2 N–H and O–H groups in total. The highest BCUT2D eigenvalue weighted by molar-refractivity contribution is 7.81. The highest BCUT2D eigenvalue weighted by Gasteiger charge is 2.30. The first-order valence-corrected chi connectivity index (χ1v) is 12.6. The fraction of sp³-hybridized carbons (Fsp3) is 0.138. The highest BCUT2D eigenvalue weighted by Crippen LogP contribution is 2.31. The van der Waals surface area contributed by atoms with Gasteiger partial charge in [0.2, 0.25) is 0 Å². The molecule has 0 unspecified atom stereocenters. The average molecular weight is 532 g/mol. The van der Waals surface area contributed by atoms with Gasteiger partial charge in [-0.05, 0) is 53.6 Å². The van der Waals surface area contributed by atoms with Crippen molar-refractivity contribution in [2.24, 2.45) is 0 Å². The summed E-state index contributed by atoms with van der Waals surface area (Å²) in [7, 11) is 0. The Labute approximate surface area is 224 Å². The molecule has 186 valence electrons. The van der Waals surface area contributed by atoms with Gasteiger partial charge in [0.05, 0.1) is 5.57 Å². The smallest absolute Gasteiger partial charge is 0.256 e. The summed E-state index contributed by atoms with van der Waals surface area (Å²) < 4.78 is 13.1. The first-order valence-electron chi connectivity index (χ1n) is 11.8. The predicted molar refractivity (Wildman–Crippen MR) is 148 cm³/mol. The summed E-state index contributed by atoms with van der Waals surface area (Å²) in [5.41, 5.74) is 5.17. The number of thiocarbonyl (C=S) groups is 1. The van der Waals surface area contributed by atoms with Crippen LogP contribution in [0.1, 0.15) is 33.5 Å². The second-order valence-electron chi connectivity index (χ2n) is 8.90. The minimum absolute atomic E-state index is 0.0840. The van der Waals surface area contributed by atoms with Gasteiger partial charge in [-0.15, -0.1) is 0 Å². The molecule has 3 aromatic carbocycles. The van der Waals surface area contributed by atoms with E-state index in [0.717, 1.165) is 22.4 Å². The van der Waals surface area contributed by atoms with Crippen molar-refractivity contribution >= 4 is 51.9 Å². The van der Waals surface area contributed by atoms with E-state index < -0.39 is 0 Å². The van der Waals surface area contributed by atoms with Crippen LogP contribution in [-0.2, 0) is 24.4 Å². The molecule has 1 aliphatic carbocycles. The number of nitrogens with one attached hydrogen (secondary N) is 2. The fourth-order valence-electron chi connectivity index (χ4n) is 4.42. The number of rotatable bonds is 7. The van der Waals surface area contributed by atoms with Crippen molar-refractivity contribution in [1.82, 2.24) is 4.90 Å². The van der Waals surface area contributed by atoms with E-state index in [1.165, 1.54) is 12.1 Å². The van der Waals surface area contributed by atoms with Gasteiger partial charge in [0.25, 0.3) is 11.8 Å². The number of amides is 2. The Kier molecular flexibility index (Phi) is 7.17. The van der Waals surface area contributed by atoms with E-state index in [4.69, 9.17) is 23.8 Å². The standard InChI is InChI=1S/C29H23ClFN3O2S/c30-20-7-12-27(37)24(14-20)28(35)33-26-6-2-5-23-25(26)17-34(29(23)36)16-19-4-1-3-18(13-19)15-32-22-10-8-21(31)9-11-22/h1-11,13-14,32H,12,15-17H2,(H,33,35). The maximum Gasteiger partial charge on any atom is 0.256 e. The lowest BCUT2D eigenvalue weighted by Crippen LogP contribution is -2.23. The fourth-order valence-corrected chi connectivity index (χ4v) is 4.85. The number of hydrogen-bond donors (Lipinski definition) is 2. The largest absolute Gasteiger partial charge is 0.381 e. The highest BCUT2D eigenvalue weighted by atomic mass is 35.5. The van der Waals surface area contributed by atoms with Crippen molar-refractivity contribution in [2.75, 3.05) is 10.6 Å². The number of anilines is 2. The number of hydrogen-bond acceptors (Lipinski definition) is 4. The number of carbonyl (C=O) groups is 2. The van der Waals surface area contributed by atoms with Gasteiger partial charge < -0.3 is 15.5 Å². The van der Waals surface area contributed by atoms with Crippen LogP contribution < -0.4 is 10.6 Å². The molecule has 0 atom stereocenters. The van der Waals surface area contributed by atoms with Crippen LogP contribution in [0, 0.1) is 5.82 Å². The van der Waals surface area contributed by atoms with Crippen molar-refractivity contribution in [3.63, 3.8) is 0 Å². The van der Waals surface area contributed by atoms with Crippen LogP contribution in [0.25, 0.3) is 0 Å². The number of nitrogens with zero attached hydrogens (tertiary/aromatic N) is 1. The summed E-state index contributed by atoms with van der Waals surface area (Å²) in [5.74, 6) is -0.696. The SMILES string of the molecule is O=C(Nc1cccc2c1CN(Cc1cccc(CNc3ccc(F)cc3)c1)C2=O)C1=CC(Cl)=CCC1=S. The van der Waals surface area contributed by atoms with Gasteiger partial charge in [-0.2, -0.15) is 0 Å². The van der Waals surface area contributed by atoms with Crippen LogP contribution in [0.15, 0.2) is 89.5 Å². The molecule has 0 spiro atoms. The molecule has 0 saturated carbocycles. The molecule has 37 heavy (non-hydrogen) atoms. The molecule has 0 bridgehead atoms. The van der Waals surface area contributed by atoms with E-state index in [1.54, 1.807) is 47.4 Å². The Morgan fingerprint density at radius 3 is 2.62 bits per heavy atom. The lowest BCUT2D eigenvalue weighted by atomic mass is 10.0. The Morgan fingerprint density at radius 1 is 1.05 bits per heavy atom. The number of benzene rings is 3. The van der Waals surface area contributed by atoms with Crippen molar-refractivity contribution in [3.8, 4) is 0 Å². The minimum atomic E-state index is -0.336. The van der Waals surface area contributed by atoms with Gasteiger partial charge in [0.1, 0.15) is 5.82 Å². The Bertz CT molecular complexity index is 1470. The minimum Gasteiger partial charge on any atom is -0.381 e. The molecule has 5 rings (SSSR count). The number of halogens is 2. The summed E-state index contributed by atoms with van der Waals surface area (Å²) in [6.45, 7) is 1.38. The van der Waals surface area contributed by atoms with E-state index >= 15 is 0 Å². The summed E-state index contributed by atoms with van der Waals surface area (Å²) in [5, 5.41) is 6.68. The second kappa shape index (κ2) is 10.7. The van der Waals surface area contributed by atoms with Gasteiger partial charge in [0, 0.05) is 58.5 Å². The molecular weight excluding hydrogens is 509 g/mol. The van der Waals surface area contributed by atoms with Crippen molar-refractivity contribution in [2.45, 2.75) is 26.1 Å². The molecule has 0 fully saturated rings. The molecule has 5 nitrogen and oxygen atoms in total. The molecule has 2 amide bonds. The molecule has 0 saturated heterocycles. The van der Waals surface area contributed by atoms with Gasteiger partial charge in [0.15, 0.2) is 0 Å². The van der Waals surface area contributed by atoms with Gasteiger partial charge >= 0.3 is 0 Å². The molecule has 8 heteroatoms. The van der Waals surface area contributed by atoms with Gasteiger partial charge in [-0.3, -0.25) is 9.59 Å². The summed E-state index contributed by atoms with van der Waals surface area (Å²) in [6.07, 6.45) is 3.79. The first kappa shape index (κ1) is 24.9. The van der Waals surface area contributed by atoms with E-state index in [1.807, 2.05) is 24.3 Å². The second-order valence-corrected chi connectivity index (χ2v) is 9.83. The Hall–Kier alpha value is -3.81. The molecule has 0 aromatic heterocycles. The summed E-state index contributed by atoms with van der Waals surface area (Å²) in [6, 6.07) is 19.5. The zero-order valence-corrected chi connectivity index (χ0v) is 21.3. The quantitative estimate of drug-likeness (QED) is 0.348. The van der Waals surface area contributed by atoms with Crippen molar-refractivity contribution in [3.05, 3.63) is 118 Å². The zero-order valence-electron chi connectivity index (χ0n) is 19.8. The third kappa shape index (κ3) is 5.63. The molecule has 0 radical (unpaired) electrons. The summed E-state index contributed by atoms with van der Waals surface area (Å²) >= 11 is 11.4. The number of fused-ring (bicyclic) bond motifs is 1. The summed E-state index contributed by atoms with van der Waals surface area (Å²) in [4.78, 5) is 28.4. The molecule has 1 heterocycles. The molecule has 2 aliphatic rings. The van der Waals surface area contributed by atoms with Crippen molar-refractivity contribution < 1.29 is 14.0 Å². The van der Waals surface area contributed by atoms with Crippen molar-refractivity contribution in [1.29, 1.82) is 0 Å². The zero-order chi connectivity index (χ0) is 25.9. The van der Waals surface area contributed by atoms with Crippen LogP contribution in [0.4, 0.5) is 15.8 Å². The lowest BCUT2D eigenvalue weighted by Gasteiger charge is -2.17. The maximum atomic E-state index is 13.2. The third-order valence-electron chi connectivity index (χ3n) is 6.31. The van der Waals surface area contributed by atoms with Crippen LogP contribution in [0.5, 0.6) is 0 Å². The number of carbonyl (C=O) groups excluding carboxylic acids is 2. The van der Waals surface area contributed by atoms with Gasteiger partial charge in [-0.1, -0.05) is 60.2 Å². The van der Waals surface area contributed by atoms with E-state index in [0.29, 0.717) is 52.8 Å². The van der Waals surface area contributed by atoms with Crippen LogP contribution in [0.2, 0.25) is 0 Å². The predicted octanol–water partition coefficient (Wildman–Crippen LogP) is 6.36. The maximum absolute atomic E-state index is 13.2. The van der Waals surface area contributed by atoms with Crippen LogP contribution in [-0.4, -0.2) is 21.6 Å². The monoisotopic (exact) mass is 531 g/mol. The van der Waals surface area contributed by atoms with Crippen LogP contribution >= 0.6 is 23.8 Å². The Balaban J connectivity index is 1.27. The third-order valence-corrected chi connectivity index (χ3v) is 6.96. The first-order chi connectivity index (χ1) is 17.9. The molecule has 1 aliphatic heterocycles. The van der Waals surface area contributed by atoms with E-state index in [9.17, 15) is 14.0 Å². The normalized spacial score (nSPS) is 14.7. The van der Waals surface area contributed by atoms with E-state index in [-0.39, 0.29) is 17.6 Å². The Morgan fingerprint density at radius 2 is 1.81 bits per heavy atom. The van der Waals surface area contributed by atoms with E-state index in [2.05, 4.69) is 10.6 Å². The van der Waals surface area contributed by atoms with Gasteiger partial charge in [-0.25, -0.2) is 4.39 Å². The average Bonchev–Trinajstić information content (AvgIpc) is 3.21. The molecule has 3 aromatic rings.